The number of aromatic nitrogens is 4. The smallest absolute Gasteiger partial charge is 0.303 e. The molecule has 1 aliphatic carbocycles. The van der Waals surface area contributed by atoms with E-state index in [1.165, 1.54) is 34.4 Å². The largest absolute Gasteiger partial charge is 0.481 e. The third-order valence-electron chi connectivity index (χ3n) is 24.9. The van der Waals surface area contributed by atoms with Gasteiger partial charge in [0.25, 0.3) is 11.8 Å². The molecule has 5 aromatic rings. The number of aromatic amines is 2. The second-order valence-electron chi connectivity index (χ2n) is 30.9. The highest BCUT2D eigenvalue weighted by atomic mass is 17.1. The summed E-state index contributed by atoms with van der Waals surface area (Å²) in [5, 5.41) is 19.6. The van der Waals surface area contributed by atoms with Gasteiger partial charge in [0.2, 0.25) is 0 Å². The average molecular weight is 1370 g/mol. The van der Waals surface area contributed by atoms with Gasteiger partial charge < -0.3 is 24.5 Å². The molecular weight excluding hydrogens is 1250 g/mol. The van der Waals surface area contributed by atoms with Gasteiger partial charge in [-0.3, -0.25) is 24.5 Å². The zero-order valence-corrected chi connectivity index (χ0v) is 62.6. The van der Waals surface area contributed by atoms with Crippen LogP contribution in [-0.4, -0.2) is 85.1 Å². The number of rotatable bonds is 23. The number of amides is 2. The summed E-state index contributed by atoms with van der Waals surface area (Å²) in [5.41, 5.74) is 18.9. The number of hydrogen-bond acceptors (Lipinski definition) is 9. The number of carbonyl (C=O) groups is 3. The molecule has 6 aliphatic rings. The number of carboxylic acid groups (broad SMARTS) is 1. The standard InChI is InChI=1S/C88H115N5O8/c1-16-69-59(11)77-48-78-61(13)74(37-39-86(95)96)83(91-78)51-84-75(62(14)80(92-84)50-82-70(17-2)60(12)79(90-82)49-81(69)89-77)38-40-87-99-43-41-71(52(3)4)73-36-35-67(76(58(73)10)45-64-28-20-18-21-29-64)46-66(32-24-25-33-68-47-85(94)93(88(68)97)42-44-100-87)57(9)72(65-30-22-19-23-31-65)34-26-27-53(5)54(6)55(7)56(8)63(15)101-98/h16-23,28-31,47-52,54-58,63,66-67,71-73,76,87,89-90,98H,1-2,5,24-27,32-46H2,3-4,6-15H3,(H,95,96). The molecule has 101 heavy (non-hydrogen) atoms. The summed E-state index contributed by atoms with van der Waals surface area (Å²) < 4.78 is 13.9. The molecule has 13 unspecified atom stereocenters. The van der Waals surface area contributed by atoms with Crippen molar-refractivity contribution in [1.29, 1.82) is 0 Å². The number of ether oxygens (including phenoxy) is 2. The number of imide groups is 1. The van der Waals surface area contributed by atoms with E-state index in [1.54, 1.807) is 6.08 Å². The minimum absolute atomic E-state index is 0.0557. The van der Waals surface area contributed by atoms with E-state index in [2.05, 4.69) is 178 Å². The lowest BCUT2D eigenvalue weighted by Crippen LogP contribution is -2.41. The molecule has 0 spiro atoms. The van der Waals surface area contributed by atoms with Gasteiger partial charge in [-0.15, -0.1) is 0 Å². The first-order valence-electron chi connectivity index (χ1n) is 38.0. The Morgan fingerprint density at radius 1 is 0.733 bits per heavy atom. The topological polar surface area (TPSA) is 180 Å². The van der Waals surface area contributed by atoms with E-state index in [-0.39, 0.29) is 49.3 Å². The van der Waals surface area contributed by atoms with Crippen molar-refractivity contribution in [2.45, 2.75) is 204 Å². The van der Waals surface area contributed by atoms with Gasteiger partial charge in [0, 0.05) is 57.7 Å². The lowest BCUT2D eigenvalue weighted by molar-refractivity contribution is -0.287. The first-order valence-corrected chi connectivity index (χ1v) is 38.0. The molecule has 3 fully saturated rings. The Labute approximate surface area is 602 Å². The monoisotopic (exact) mass is 1370 g/mol. The highest BCUT2D eigenvalue weighted by Crippen LogP contribution is 2.51. The van der Waals surface area contributed by atoms with Gasteiger partial charge in [0.05, 0.1) is 48.6 Å². The molecule has 540 valence electrons. The molecule has 12 bridgehead atoms. The Kier molecular flexibility index (Phi) is 26.1. The van der Waals surface area contributed by atoms with E-state index < -0.39 is 12.3 Å². The van der Waals surface area contributed by atoms with Gasteiger partial charge in [-0.05, 0) is 251 Å². The summed E-state index contributed by atoms with van der Waals surface area (Å²) in [4.78, 5) is 64.7. The summed E-state index contributed by atoms with van der Waals surface area (Å²) in [6, 6.07) is 30.7. The van der Waals surface area contributed by atoms with Crippen molar-refractivity contribution in [2.75, 3.05) is 19.8 Å². The number of nitrogens with one attached hydrogen (secondary N) is 2. The number of carboxylic acids is 1. The molecule has 2 saturated heterocycles. The van der Waals surface area contributed by atoms with Crippen molar-refractivity contribution < 1.29 is 39.1 Å². The minimum atomic E-state index is -0.883. The van der Waals surface area contributed by atoms with Gasteiger partial charge in [-0.2, -0.15) is 0 Å². The molecule has 13 nitrogen and oxygen atoms in total. The van der Waals surface area contributed by atoms with Gasteiger partial charge >= 0.3 is 5.97 Å². The van der Waals surface area contributed by atoms with Gasteiger partial charge in [-0.25, -0.2) is 14.9 Å². The fourth-order valence-corrected chi connectivity index (χ4v) is 18.0. The molecule has 3 aromatic heterocycles. The summed E-state index contributed by atoms with van der Waals surface area (Å²) in [5.74, 6) is 3.26. The number of fused-ring (bicyclic) bond motifs is 22. The number of allylic oxidation sites excluding steroid dienone is 5. The Hall–Kier alpha value is -7.55. The molecule has 11 rings (SSSR count). The van der Waals surface area contributed by atoms with E-state index in [4.69, 9.17) is 24.3 Å². The van der Waals surface area contributed by atoms with Gasteiger partial charge in [0.15, 0.2) is 6.29 Å². The zero-order chi connectivity index (χ0) is 72.3. The second kappa shape index (κ2) is 34.6. The van der Waals surface area contributed by atoms with Gasteiger partial charge in [0.1, 0.15) is 0 Å². The van der Waals surface area contributed by atoms with Crippen LogP contribution in [0.2, 0.25) is 0 Å². The number of benzene rings is 2. The third-order valence-corrected chi connectivity index (χ3v) is 24.9. The fraction of sp³-hybridized carbons (Fsp3) is 0.511. The minimum Gasteiger partial charge on any atom is -0.481 e. The lowest BCUT2D eigenvalue weighted by atomic mass is 9.58. The molecule has 1 saturated carbocycles. The van der Waals surface area contributed by atoms with E-state index >= 15 is 0 Å². The van der Waals surface area contributed by atoms with Crippen LogP contribution in [0.4, 0.5) is 0 Å². The maximum absolute atomic E-state index is 14.4. The summed E-state index contributed by atoms with van der Waals surface area (Å²) in [6.07, 6.45) is 17.4. The van der Waals surface area contributed by atoms with Crippen molar-refractivity contribution in [3.63, 3.8) is 0 Å². The van der Waals surface area contributed by atoms with Gasteiger partial charge in [-0.1, -0.05) is 159 Å². The molecule has 13 atom stereocenters. The molecule has 2 aromatic carbocycles. The summed E-state index contributed by atoms with van der Waals surface area (Å²) in [6.45, 7) is 40.6. The predicted octanol–water partition coefficient (Wildman–Crippen LogP) is 21.1. The highest BCUT2D eigenvalue weighted by molar-refractivity contribution is 6.16. The van der Waals surface area contributed by atoms with Crippen molar-refractivity contribution >= 4 is 74.3 Å². The van der Waals surface area contributed by atoms with Crippen LogP contribution in [0.3, 0.4) is 0 Å². The van der Waals surface area contributed by atoms with Crippen LogP contribution in [0.1, 0.15) is 228 Å². The van der Waals surface area contributed by atoms with E-state index in [0.29, 0.717) is 103 Å². The Morgan fingerprint density at radius 3 is 1.98 bits per heavy atom. The van der Waals surface area contributed by atoms with Crippen molar-refractivity contribution in [1.82, 2.24) is 24.8 Å². The molecule has 4 N–H and O–H groups in total. The molecule has 5 aliphatic heterocycles. The quantitative estimate of drug-likeness (QED) is 0.0213. The molecule has 0 radical (unpaired) electrons. The first-order chi connectivity index (χ1) is 48.5. The van der Waals surface area contributed by atoms with Crippen LogP contribution < -0.4 is 0 Å². The number of H-pyrrole nitrogens is 2. The molecule has 2 amide bonds. The summed E-state index contributed by atoms with van der Waals surface area (Å²) in [7, 11) is 0. The van der Waals surface area contributed by atoms with Crippen LogP contribution >= 0.6 is 0 Å². The number of aliphatic carboxylic acids is 1. The first kappa shape index (κ1) is 76.1. The fourth-order valence-electron chi connectivity index (χ4n) is 18.0. The second-order valence-corrected chi connectivity index (χ2v) is 30.9. The van der Waals surface area contributed by atoms with E-state index in [9.17, 15) is 24.7 Å². The SMILES string of the molecule is C=Cc1c(C)c2cc3[nH]c(cc4nc(cc5nc(cc1[nH]2)C(C)=C5CCC1OCCC(C(C)C)C2CCC(CC(C(C)C(CCCC(=C)C(C)C(C)C(C)C(C)OO)c5ccccc5)CCCCC5=CC(=O)N(CCO1)C5=O)C(Cc1ccccc1)C2C)C(CCC(=O)O)=C4C)c(C)c3C=C. The zero-order valence-electron chi connectivity index (χ0n) is 62.6. The summed E-state index contributed by atoms with van der Waals surface area (Å²) >= 11 is 0. The van der Waals surface area contributed by atoms with Crippen LogP contribution in [0, 0.1) is 78.9 Å². The normalized spacial score (nSPS) is 23.1. The number of nitrogens with zero attached hydrogens (tertiary/aromatic N) is 3. The molecule has 8 heterocycles. The Morgan fingerprint density at radius 2 is 1.35 bits per heavy atom. The van der Waals surface area contributed by atoms with Crippen LogP contribution in [0.25, 0.3) is 56.5 Å². The van der Waals surface area contributed by atoms with Crippen LogP contribution in [0.5, 0.6) is 0 Å². The van der Waals surface area contributed by atoms with E-state index in [1.807, 2.05) is 32.1 Å². The van der Waals surface area contributed by atoms with Crippen molar-refractivity contribution in [2.24, 2.45) is 65.1 Å². The number of carbonyl (C=O) groups excluding carboxylic acids is 2. The number of aryl methyl sites for hydroxylation is 2. The van der Waals surface area contributed by atoms with Crippen LogP contribution in [0.15, 0.2) is 122 Å². The average Bonchev–Trinajstić information content (AvgIpc) is 1.75. The van der Waals surface area contributed by atoms with Crippen molar-refractivity contribution in [3.05, 3.63) is 178 Å². The maximum Gasteiger partial charge on any atom is 0.303 e. The molecular formula is C88H115N5O8. The molecule has 13 heteroatoms. The van der Waals surface area contributed by atoms with Crippen LogP contribution in [-0.2, 0) is 35.2 Å². The third kappa shape index (κ3) is 17.7. The maximum atomic E-state index is 14.4. The highest BCUT2D eigenvalue weighted by Gasteiger charge is 2.43. The number of hydrogen-bond donors (Lipinski definition) is 4. The predicted molar refractivity (Wildman–Crippen MR) is 413 cm³/mol. The van der Waals surface area contributed by atoms with Crippen molar-refractivity contribution in [3.8, 4) is 0 Å². The van der Waals surface area contributed by atoms with E-state index in [0.717, 1.165) is 141 Å². The Balaban J connectivity index is 0.959. The lowest BCUT2D eigenvalue weighted by Gasteiger charge is -2.48. The Bertz CT molecular complexity index is 4060.